The number of halogens is 1. The molecule has 0 unspecified atom stereocenters. The molecule has 0 bridgehead atoms. The summed E-state index contributed by atoms with van der Waals surface area (Å²) in [5.74, 6) is 2.31. The average molecular weight is 409 g/mol. The lowest BCUT2D eigenvalue weighted by Crippen LogP contribution is -2.40. The minimum atomic E-state index is 0. The van der Waals surface area contributed by atoms with E-state index in [-0.39, 0.29) is 24.0 Å². The molecule has 0 aliphatic rings. The Morgan fingerprint density at radius 1 is 1.29 bits per heavy atom. The molecule has 1 aromatic rings. The van der Waals surface area contributed by atoms with E-state index in [2.05, 4.69) is 46.4 Å². The molecule has 0 aliphatic heterocycles. The topological polar surface area (TPSA) is 65.7 Å². The van der Waals surface area contributed by atoms with Crippen LogP contribution in [0.15, 0.2) is 9.41 Å². The SMILES string of the molecule is CCNC(=NCc1nc(C)c(C)o1)NCCN(C)CC.I. The Kier molecular flexibility index (Phi) is 10.4. The molecule has 0 spiro atoms. The number of nitrogens with zero attached hydrogens (tertiary/aromatic N) is 3. The lowest BCUT2D eigenvalue weighted by molar-refractivity contribution is 0.357. The molecule has 1 rings (SSSR count). The van der Waals surface area contributed by atoms with E-state index in [0.29, 0.717) is 12.4 Å². The standard InChI is InChI=1S/C14H27N5O.HI/c1-6-15-14(16-8-9-19(5)7-2)17-10-13-18-11(3)12(4)20-13;/h6-10H2,1-5H3,(H2,15,16,17);1H. The molecular weight excluding hydrogens is 381 g/mol. The second-order valence-corrected chi connectivity index (χ2v) is 4.77. The van der Waals surface area contributed by atoms with Crippen molar-refractivity contribution >= 4 is 29.9 Å². The number of aryl methyl sites for hydroxylation is 2. The van der Waals surface area contributed by atoms with Gasteiger partial charge in [0.25, 0.3) is 0 Å². The van der Waals surface area contributed by atoms with Gasteiger partial charge < -0.3 is 20.0 Å². The van der Waals surface area contributed by atoms with E-state index in [1.165, 1.54) is 0 Å². The number of rotatable bonds is 7. The van der Waals surface area contributed by atoms with E-state index >= 15 is 0 Å². The zero-order chi connectivity index (χ0) is 15.0. The molecule has 0 atom stereocenters. The zero-order valence-electron chi connectivity index (χ0n) is 13.7. The third-order valence-electron chi connectivity index (χ3n) is 3.12. The van der Waals surface area contributed by atoms with Crippen LogP contribution in [-0.2, 0) is 6.54 Å². The van der Waals surface area contributed by atoms with Crippen LogP contribution in [0.4, 0.5) is 0 Å². The van der Waals surface area contributed by atoms with Crippen LogP contribution in [0, 0.1) is 13.8 Å². The fourth-order valence-corrected chi connectivity index (χ4v) is 1.62. The molecule has 0 aromatic carbocycles. The minimum absolute atomic E-state index is 0. The summed E-state index contributed by atoms with van der Waals surface area (Å²) in [6, 6.07) is 0. The van der Waals surface area contributed by atoms with Crippen molar-refractivity contribution in [3.05, 3.63) is 17.3 Å². The molecule has 0 fully saturated rings. The molecule has 122 valence electrons. The van der Waals surface area contributed by atoms with Gasteiger partial charge in [0.1, 0.15) is 12.3 Å². The van der Waals surface area contributed by atoms with E-state index in [1.54, 1.807) is 0 Å². The zero-order valence-corrected chi connectivity index (χ0v) is 16.0. The highest BCUT2D eigenvalue weighted by atomic mass is 127. The largest absolute Gasteiger partial charge is 0.444 e. The predicted octanol–water partition coefficient (Wildman–Crippen LogP) is 1.92. The smallest absolute Gasteiger partial charge is 0.216 e. The average Bonchev–Trinajstić information content (AvgIpc) is 2.75. The Labute approximate surface area is 144 Å². The third-order valence-corrected chi connectivity index (χ3v) is 3.12. The molecule has 0 saturated heterocycles. The number of hydrogen-bond acceptors (Lipinski definition) is 4. The van der Waals surface area contributed by atoms with Gasteiger partial charge in [-0.05, 0) is 34.4 Å². The van der Waals surface area contributed by atoms with E-state index in [1.807, 2.05) is 13.8 Å². The third kappa shape index (κ3) is 7.66. The molecule has 0 saturated carbocycles. The highest BCUT2D eigenvalue weighted by Crippen LogP contribution is 2.08. The van der Waals surface area contributed by atoms with Crippen LogP contribution in [0.1, 0.15) is 31.2 Å². The van der Waals surface area contributed by atoms with Crippen molar-refractivity contribution in [3.63, 3.8) is 0 Å². The van der Waals surface area contributed by atoms with Crippen molar-refractivity contribution in [2.24, 2.45) is 4.99 Å². The summed E-state index contributed by atoms with van der Waals surface area (Å²) in [6.07, 6.45) is 0. The van der Waals surface area contributed by atoms with Crippen molar-refractivity contribution in [3.8, 4) is 0 Å². The lowest BCUT2D eigenvalue weighted by Gasteiger charge is -2.16. The predicted molar refractivity (Wildman–Crippen MR) is 97.4 cm³/mol. The van der Waals surface area contributed by atoms with Gasteiger partial charge in [0.15, 0.2) is 5.96 Å². The van der Waals surface area contributed by atoms with Crippen LogP contribution in [0.3, 0.4) is 0 Å². The Hall–Kier alpha value is -0.830. The van der Waals surface area contributed by atoms with Gasteiger partial charge in [0, 0.05) is 19.6 Å². The summed E-state index contributed by atoms with van der Waals surface area (Å²) in [6.45, 7) is 12.2. The summed E-state index contributed by atoms with van der Waals surface area (Å²) < 4.78 is 5.52. The van der Waals surface area contributed by atoms with Gasteiger partial charge in [-0.3, -0.25) is 0 Å². The van der Waals surface area contributed by atoms with Gasteiger partial charge in [-0.25, -0.2) is 9.98 Å². The van der Waals surface area contributed by atoms with E-state index in [4.69, 9.17) is 4.42 Å². The molecule has 0 radical (unpaired) electrons. The monoisotopic (exact) mass is 409 g/mol. The first-order valence-electron chi connectivity index (χ1n) is 7.20. The fraction of sp³-hybridized carbons (Fsp3) is 0.714. The Morgan fingerprint density at radius 3 is 2.52 bits per heavy atom. The summed E-state index contributed by atoms with van der Waals surface area (Å²) >= 11 is 0. The maximum absolute atomic E-state index is 5.52. The normalized spacial score (nSPS) is 11.4. The first-order valence-corrected chi connectivity index (χ1v) is 7.20. The van der Waals surface area contributed by atoms with Crippen molar-refractivity contribution in [2.75, 3.05) is 33.2 Å². The number of aromatic nitrogens is 1. The van der Waals surface area contributed by atoms with Gasteiger partial charge in [-0.1, -0.05) is 6.92 Å². The Bertz CT molecular complexity index is 413. The molecule has 7 heteroatoms. The van der Waals surface area contributed by atoms with E-state index in [9.17, 15) is 0 Å². The number of likely N-dealkylation sites (N-methyl/N-ethyl adjacent to an activating group) is 1. The molecule has 2 N–H and O–H groups in total. The summed E-state index contributed by atoms with van der Waals surface area (Å²) in [5, 5.41) is 6.52. The minimum Gasteiger partial charge on any atom is -0.444 e. The van der Waals surface area contributed by atoms with Crippen LogP contribution in [0.5, 0.6) is 0 Å². The van der Waals surface area contributed by atoms with E-state index in [0.717, 1.165) is 43.6 Å². The molecule has 1 aromatic heterocycles. The molecule has 21 heavy (non-hydrogen) atoms. The second kappa shape index (κ2) is 10.8. The number of aliphatic imine (C=N–C) groups is 1. The lowest BCUT2D eigenvalue weighted by atomic mass is 10.4. The van der Waals surface area contributed by atoms with Gasteiger partial charge in [0.2, 0.25) is 5.89 Å². The number of hydrogen-bond donors (Lipinski definition) is 2. The second-order valence-electron chi connectivity index (χ2n) is 4.77. The first kappa shape index (κ1) is 20.2. The quantitative estimate of drug-likeness (QED) is 0.409. The number of nitrogens with one attached hydrogen (secondary N) is 2. The highest BCUT2D eigenvalue weighted by Gasteiger charge is 2.05. The Balaban J connectivity index is 0.00000400. The van der Waals surface area contributed by atoms with Crippen LogP contribution < -0.4 is 10.6 Å². The molecule has 0 amide bonds. The van der Waals surface area contributed by atoms with E-state index < -0.39 is 0 Å². The van der Waals surface area contributed by atoms with Crippen molar-refractivity contribution in [1.82, 2.24) is 20.5 Å². The Morgan fingerprint density at radius 2 is 2.00 bits per heavy atom. The summed E-state index contributed by atoms with van der Waals surface area (Å²) in [7, 11) is 2.10. The van der Waals surface area contributed by atoms with Gasteiger partial charge in [-0.15, -0.1) is 24.0 Å². The highest BCUT2D eigenvalue weighted by molar-refractivity contribution is 14.0. The van der Waals surface area contributed by atoms with Crippen LogP contribution in [0.25, 0.3) is 0 Å². The fourth-order valence-electron chi connectivity index (χ4n) is 1.62. The summed E-state index contributed by atoms with van der Waals surface area (Å²) in [5.41, 5.74) is 0.928. The maximum Gasteiger partial charge on any atom is 0.216 e. The van der Waals surface area contributed by atoms with Crippen molar-refractivity contribution in [2.45, 2.75) is 34.2 Å². The number of oxazole rings is 1. The summed E-state index contributed by atoms with van der Waals surface area (Å²) in [4.78, 5) is 11.1. The van der Waals surface area contributed by atoms with Crippen LogP contribution >= 0.6 is 24.0 Å². The van der Waals surface area contributed by atoms with Crippen LogP contribution in [-0.4, -0.2) is 49.1 Å². The van der Waals surface area contributed by atoms with Crippen molar-refractivity contribution < 1.29 is 4.42 Å². The molecule has 6 nitrogen and oxygen atoms in total. The van der Waals surface area contributed by atoms with Gasteiger partial charge in [0.05, 0.1) is 5.69 Å². The van der Waals surface area contributed by atoms with Gasteiger partial charge >= 0.3 is 0 Å². The van der Waals surface area contributed by atoms with Crippen LogP contribution in [0.2, 0.25) is 0 Å². The maximum atomic E-state index is 5.52. The van der Waals surface area contributed by atoms with Gasteiger partial charge in [-0.2, -0.15) is 0 Å². The molecular formula is C14H28IN5O. The molecule has 1 heterocycles. The first-order chi connectivity index (χ1) is 9.56. The van der Waals surface area contributed by atoms with Crippen molar-refractivity contribution in [1.29, 1.82) is 0 Å². The number of guanidine groups is 1. The molecule has 0 aliphatic carbocycles.